The van der Waals surface area contributed by atoms with Gasteiger partial charge in [0.25, 0.3) is 5.91 Å². The van der Waals surface area contributed by atoms with E-state index < -0.39 is 11.6 Å². The lowest BCUT2D eigenvalue weighted by molar-refractivity contribution is -0.220. The van der Waals surface area contributed by atoms with Crippen molar-refractivity contribution in [2.45, 2.75) is 88.4 Å². The number of anilines is 1. The monoisotopic (exact) mass is 516 g/mol. The number of carbonyl (C=O) groups is 2. The molecule has 0 spiro atoms. The quantitative estimate of drug-likeness (QED) is 0.385. The number of amides is 2. The van der Waals surface area contributed by atoms with Gasteiger partial charge in [-0.2, -0.15) is 0 Å². The van der Waals surface area contributed by atoms with Gasteiger partial charge in [-0.15, -0.1) is 11.3 Å². The number of hydrogen-bond donors (Lipinski definition) is 4. The van der Waals surface area contributed by atoms with E-state index in [9.17, 15) is 14.7 Å². The molecule has 4 fully saturated rings. The number of pyridine rings is 1. The molecule has 2 heterocycles. The van der Waals surface area contributed by atoms with Crippen molar-refractivity contribution in [3.8, 4) is 0 Å². The highest BCUT2D eigenvalue weighted by Gasteiger charge is 2.68. The Hall–Kier alpha value is -2.16. The second-order valence-corrected chi connectivity index (χ2v) is 12.3. The van der Waals surface area contributed by atoms with Crippen LogP contribution in [-0.4, -0.2) is 39.1 Å². The summed E-state index contributed by atoms with van der Waals surface area (Å²) in [6, 6.07) is 5.01. The number of nitrogens with one attached hydrogen (secondary N) is 3. The van der Waals surface area contributed by atoms with Gasteiger partial charge in [-0.1, -0.05) is 37.3 Å². The third-order valence-electron chi connectivity index (χ3n) is 7.76. The summed E-state index contributed by atoms with van der Waals surface area (Å²) in [7, 11) is 0. The van der Waals surface area contributed by atoms with Crippen LogP contribution in [0.5, 0.6) is 0 Å². The maximum absolute atomic E-state index is 13.2. The zero-order valence-electron chi connectivity index (χ0n) is 20.2. The predicted octanol–water partition coefficient (Wildman–Crippen LogP) is 4.74. The molecule has 0 saturated heterocycles. The summed E-state index contributed by atoms with van der Waals surface area (Å²) in [6.07, 6.45) is 8.73. The average molecular weight is 517 g/mol. The smallest absolute Gasteiger partial charge is 0.262 e. The maximum atomic E-state index is 13.2. The highest BCUT2D eigenvalue weighted by molar-refractivity contribution is 7.14. The van der Waals surface area contributed by atoms with Gasteiger partial charge in [0, 0.05) is 16.6 Å². The molecule has 2 amide bonds. The molecule has 2 aromatic rings. The Balaban J connectivity index is 1.23. The Morgan fingerprint density at radius 1 is 1.26 bits per heavy atom. The zero-order valence-corrected chi connectivity index (χ0v) is 21.8. The molecule has 4 aliphatic carbocycles. The number of hydrogen-bond acceptors (Lipinski definition) is 6. The Morgan fingerprint density at radius 2 is 1.97 bits per heavy atom. The van der Waals surface area contributed by atoms with Crippen molar-refractivity contribution in [3.63, 3.8) is 0 Å². The number of halogens is 1. The normalized spacial score (nSPS) is 26.9. The summed E-state index contributed by atoms with van der Waals surface area (Å²) in [5.41, 5.74) is 0.868. The minimum Gasteiger partial charge on any atom is -0.390 e. The fraction of sp³-hybridized carbons (Fsp3) is 0.577. The zero-order chi connectivity index (χ0) is 24.8. The van der Waals surface area contributed by atoms with Gasteiger partial charge < -0.3 is 21.1 Å². The van der Waals surface area contributed by atoms with E-state index >= 15 is 0 Å². The first-order valence-electron chi connectivity index (χ1n) is 12.5. The summed E-state index contributed by atoms with van der Waals surface area (Å²) in [5.74, 6) is 0.118. The summed E-state index contributed by atoms with van der Waals surface area (Å²) in [5, 5.41) is 20.2. The Morgan fingerprint density at radius 3 is 2.66 bits per heavy atom. The lowest BCUT2D eigenvalue weighted by Gasteiger charge is -2.67. The lowest BCUT2D eigenvalue weighted by Crippen LogP contribution is -2.79. The van der Waals surface area contributed by atoms with Crippen molar-refractivity contribution >= 4 is 40.4 Å². The average Bonchev–Trinajstić information content (AvgIpc) is 3.46. The minimum atomic E-state index is -0.574. The van der Waals surface area contributed by atoms with Crippen LogP contribution in [0.3, 0.4) is 0 Å². The largest absolute Gasteiger partial charge is 0.390 e. The Bertz CT molecular complexity index is 1110. The number of aryl methyl sites for hydroxylation is 1. The molecule has 2 bridgehead atoms. The summed E-state index contributed by atoms with van der Waals surface area (Å²) < 4.78 is 0. The molecule has 0 aliphatic heterocycles. The van der Waals surface area contributed by atoms with Crippen molar-refractivity contribution in [2.24, 2.45) is 5.92 Å². The SMILES string of the molecule is Cc1ncc(Cl)cc1N[C@@H](C)c1ccc(C(=O)N[C@@H](CC2CCCC2)C(=O)NC23CC(O)(C2)C3)s1. The van der Waals surface area contributed by atoms with E-state index in [4.69, 9.17) is 11.6 Å². The Labute approximate surface area is 215 Å². The fourth-order valence-electron chi connectivity index (χ4n) is 5.92. The summed E-state index contributed by atoms with van der Waals surface area (Å²) >= 11 is 7.51. The Kier molecular flexibility index (Phi) is 6.57. The standard InChI is InChI=1S/C26H33ClN4O3S/c1-15-19(10-18(27)11-28-15)29-16(2)21-7-8-22(35-21)24(33)30-20(9-17-5-3-4-6-17)23(32)31-25-12-26(34,13-25)14-25/h7-8,10-11,16-17,20,29,34H,3-6,9,12-14H2,1-2H3,(H,30,33)(H,31,32)/t16-,20-,25?,26?/m0/s1. The second kappa shape index (κ2) is 9.37. The van der Waals surface area contributed by atoms with E-state index in [0.717, 1.165) is 29.1 Å². The summed E-state index contributed by atoms with van der Waals surface area (Å²) in [6.45, 7) is 3.95. The second-order valence-electron chi connectivity index (χ2n) is 10.8. The van der Waals surface area contributed by atoms with Crippen LogP contribution in [0.4, 0.5) is 5.69 Å². The van der Waals surface area contributed by atoms with Crippen LogP contribution < -0.4 is 16.0 Å². The van der Waals surface area contributed by atoms with Crippen molar-refractivity contribution in [3.05, 3.63) is 44.9 Å². The maximum Gasteiger partial charge on any atom is 0.262 e. The van der Waals surface area contributed by atoms with E-state index in [0.29, 0.717) is 41.5 Å². The van der Waals surface area contributed by atoms with Crippen LogP contribution in [0, 0.1) is 12.8 Å². The number of rotatable bonds is 9. The van der Waals surface area contributed by atoms with Gasteiger partial charge in [0.2, 0.25) is 5.91 Å². The fourth-order valence-corrected chi connectivity index (χ4v) is 6.99. The van der Waals surface area contributed by atoms with E-state index in [1.165, 1.54) is 24.2 Å². The molecule has 6 rings (SSSR count). The number of nitrogens with zero attached hydrogens (tertiary/aromatic N) is 1. The number of aliphatic hydroxyl groups is 1. The van der Waals surface area contributed by atoms with Crippen LogP contribution >= 0.6 is 22.9 Å². The van der Waals surface area contributed by atoms with E-state index in [1.54, 1.807) is 6.20 Å². The molecule has 0 radical (unpaired) electrons. The van der Waals surface area contributed by atoms with Gasteiger partial charge >= 0.3 is 0 Å². The van der Waals surface area contributed by atoms with Crippen LogP contribution in [-0.2, 0) is 4.79 Å². The number of carbonyl (C=O) groups excluding carboxylic acids is 2. The molecule has 4 N–H and O–H groups in total. The lowest BCUT2D eigenvalue weighted by atomic mass is 9.46. The van der Waals surface area contributed by atoms with Crippen LogP contribution in [0.2, 0.25) is 5.02 Å². The molecule has 7 nitrogen and oxygen atoms in total. The van der Waals surface area contributed by atoms with E-state index in [2.05, 4.69) is 20.9 Å². The molecule has 0 unspecified atom stereocenters. The van der Waals surface area contributed by atoms with Gasteiger partial charge in [0.1, 0.15) is 6.04 Å². The van der Waals surface area contributed by atoms with Crippen LogP contribution in [0.15, 0.2) is 24.4 Å². The van der Waals surface area contributed by atoms with E-state index in [-0.39, 0.29) is 23.4 Å². The third-order valence-corrected chi connectivity index (χ3v) is 9.23. The predicted molar refractivity (Wildman–Crippen MR) is 138 cm³/mol. The molecule has 35 heavy (non-hydrogen) atoms. The molecule has 0 aromatic carbocycles. The molecular formula is C26H33ClN4O3S. The van der Waals surface area contributed by atoms with Gasteiger partial charge in [-0.05, 0) is 63.6 Å². The van der Waals surface area contributed by atoms with Gasteiger partial charge in [-0.25, -0.2) is 0 Å². The molecule has 188 valence electrons. The first kappa shape index (κ1) is 24.5. The molecule has 9 heteroatoms. The highest BCUT2D eigenvalue weighted by Crippen LogP contribution is 2.60. The van der Waals surface area contributed by atoms with Crippen LogP contribution in [0.25, 0.3) is 0 Å². The third kappa shape index (κ3) is 5.20. The molecule has 2 atom stereocenters. The number of aromatic nitrogens is 1. The topological polar surface area (TPSA) is 103 Å². The molecule has 4 saturated carbocycles. The molecule has 2 aromatic heterocycles. The first-order chi connectivity index (χ1) is 16.6. The highest BCUT2D eigenvalue weighted by atomic mass is 35.5. The van der Waals surface area contributed by atoms with Crippen molar-refractivity contribution < 1.29 is 14.7 Å². The van der Waals surface area contributed by atoms with Crippen molar-refractivity contribution in [2.75, 3.05) is 5.32 Å². The van der Waals surface area contributed by atoms with Crippen molar-refractivity contribution in [1.29, 1.82) is 0 Å². The van der Waals surface area contributed by atoms with Gasteiger partial charge in [0.15, 0.2) is 0 Å². The summed E-state index contributed by atoms with van der Waals surface area (Å²) in [4.78, 5) is 32.2. The van der Waals surface area contributed by atoms with Gasteiger partial charge in [-0.3, -0.25) is 14.6 Å². The molecule has 4 aliphatic rings. The molecular weight excluding hydrogens is 484 g/mol. The van der Waals surface area contributed by atoms with Gasteiger partial charge in [0.05, 0.1) is 32.9 Å². The first-order valence-corrected chi connectivity index (χ1v) is 13.7. The number of thiophene rings is 1. The van der Waals surface area contributed by atoms with E-state index in [1.807, 2.05) is 32.0 Å². The van der Waals surface area contributed by atoms with Crippen molar-refractivity contribution in [1.82, 2.24) is 15.6 Å². The minimum absolute atomic E-state index is 0.0341. The van der Waals surface area contributed by atoms with Crippen LogP contribution in [0.1, 0.15) is 84.6 Å².